The van der Waals surface area contributed by atoms with Crippen LogP contribution in [0, 0.1) is 5.92 Å². The molecule has 2 aliphatic rings. The maximum absolute atomic E-state index is 9.02. The topological polar surface area (TPSA) is 83.8 Å². The van der Waals surface area contributed by atoms with E-state index in [0.29, 0.717) is 17.0 Å². The van der Waals surface area contributed by atoms with E-state index in [1.165, 1.54) is 0 Å². The van der Waals surface area contributed by atoms with Crippen molar-refractivity contribution in [3.8, 4) is 5.88 Å². The van der Waals surface area contributed by atoms with Crippen molar-refractivity contribution >= 4 is 22.4 Å². The molecule has 4 rings (SSSR count). The van der Waals surface area contributed by atoms with Gasteiger partial charge in [-0.05, 0) is 61.1 Å². The summed E-state index contributed by atoms with van der Waals surface area (Å²) in [5.74, 6) is 0.917. The highest BCUT2D eigenvalue weighted by Crippen LogP contribution is 2.50. The standard InChI is InChI=1S/C16H16ClN5O/c1-16(21-22-18,9-2-3-9)13-8-20-15(23-10-4-5-10)12-7-19-14(17)6-11(12)13/h6-10H,2-5H2,1H3/t16-/m0/s1. The summed E-state index contributed by atoms with van der Waals surface area (Å²) in [5, 5.41) is 6.23. The van der Waals surface area contributed by atoms with E-state index >= 15 is 0 Å². The first-order chi connectivity index (χ1) is 11.1. The Morgan fingerprint density at radius 2 is 2.04 bits per heavy atom. The monoisotopic (exact) mass is 329 g/mol. The van der Waals surface area contributed by atoms with Crippen molar-refractivity contribution in [2.75, 3.05) is 0 Å². The second-order valence-electron chi connectivity index (χ2n) is 6.46. The van der Waals surface area contributed by atoms with E-state index in [0.717, 1.165) is 42.0 Å². The van der Waals surface area contributed by atoms with Crippen molar-refractivity contribution in [3.05, 3.63) is 39.6 Å². The molecule has 0 bridgehead atoms. The zero-order valence-corrected chi connectivity index (χ0v) is 13.5. The maximum atomic E-state index is 9.02. The van der Waals surface area contributed by atoms with Gasteiger partial charge in [-0.3, -0.25) is 0 Å². The van der Waals surface area contributed by atoms with Gasteiger partial charge in [0.15, 0.2) is 0 Å². The Labute approximate surface area is 138 Å². The van der Waals surface area contributed by atoms with Gasteiger partial charge in [-0.1, -0.05) is 16.7 Å². The second-order valence-corrected chi connectivity index (χ2v) is 6.85. The third-order valence-electron chi connectivity index (χ3n) is 4.67. The maximum Gasteiger partial charge on any atom is 0.223 e. The molecule has 118 valence electrons. The van der Waals surface area contributed by atoms with Crippen LogP contribution in [0.2, 0.25) is 5.15 Å². The van der Waals surface area contributed by atoms with Gasteiger partial charge < -0.3 is 4.74 Å². The Balaban J connectivity index is 1.92. The average molecular weight is 330 g/mol. The smallest absolute Gasteiger partial charge is 0.223 e. The fourth-order valence-corrected chi connectivity index (χ4v) is 3.18. The first-order valence-corrected chi connectivity index (χ1v) is 8.17. The van der Waals surface area contributed by atoms with E-state index in [1.54, 1.807) is 18.5 Å². The van der Waals surface area contributed by atoms with Crippen LogP contribution >= 0.6 is 11.6 Å². The lowest BCUT2D eigenvalue weighted by atomic mass is 9.86. The van der Waals surface area contributed by atoms with Crippen molar-refractivity contribution in [2.24, 2.45) is 11.0 Å². The number of pyridine rings is 2. The molecule has 0 aliphatic heterocycles. The molecule has 2 aromatic heterocycles. The number of hydrogen-bond acceptors (Lipinski definition) is 4. The molecule has 2 saturated carbocycles. The molecular weight excluding hydrogens is 314 g/mol. The summed E-state index contributed by atoms with van der Waals surface area (Å²) in [6, 6.07) is 1.81. The zero-order valence-electron chi connectivity index (χ0n) is 12.7. The molecule has 6 nitrogen and oxygen atoms in total. The number of azide groups is 1. The number of aromatic nitrogens is 2. The van der Waals surface area contributed by atoms with Gasteiger partial charge in [0.2, 0.25) is 5.88 Å². The molecule has 0 spiro atoms. The fourth-order valence-electron chi connectivity index (χ4n) is 3.02. The SMILES string of the molecule is C[C@@](N=[N+]=[N-])(c1cnc(OC2CC2)c2cnc(Cl)cc12)C1CC1. The van der Waals surface area contributed by atoms with Crippen LogP contribution < -0.4 is 4.74 Å². The lowest BCUT2D eigenvalue weighted by Crippen LogP contribution is -2.22. The van der Waals surface area contributed by atoms with Gasteiger partial charge in [0.1, 0.15) is 11.3 Å². The van der Waals surface area contributed by atoms with E-state index in [-0.39, 0.29) is 6.10 Å². The number of nitrogens with zero attached hydrogens (tertiary/aromatic N) is 5. The van der Waals surface area contributed by atoms with Crippen LogP contribution in [-0.4, -0.2) is 16.1 Å². The van der Waals surface area contributed by atoms with Crippen LogP contribution in [-0.2, 0) is 5.54 Å². The van der Waals surface area contributed by atoms with Crippen LogP contribution in [0.15, 0.2) is 23.6 Å². The minimum atomic E-state index is -0.622. The molecule has 7 heteroatoms. The number of halogens is 1. The van der Waals surface area contributed by atoms with Gasteiger partial charge in [-0.2, -0.15) is 0 Å². The van der Waals surface area contributed by atoms with Gasteiger partial charge >= 0.3 is 0 Å². The summed E-state index contributed by atoms with van der Waals surface area (Å²) >= 11 is 6.11. The summed E-state index contributed by atoms with van der Waals surface area (Å²) < 4.78 is 5.88. The quantitative estimate of drug-likeness (QED) is 0.343. The summed E-state index contributed by atoms with van der Waals surface area (Å²) in [7, 11) is 0. The highest BCUT2D eigenvalue weighted by atomic mass is 35.5. The molecular formula is C16H16ClN5O. The molecule has 0 amide bonds. The molecule has 1 atom stereocenters. The summed E-state index contributed by atoms with van der Waals surface area (Å²) in [6.45, 7) is 1.97. The number of fused-ring (bicyclic) bond motifs is 1. The highest BCUT2D eigenvalue weighted by Gasteiger charge is 2.43. The van der Waals surface area contributed by atoms with E-state index < -0.39 is 5.54 Å². The second kappa shape index (κ2) is 5.25. The molecule has 0 saturated heterocycles. The first kappa shape index (κ1) is 14.5. The molecule has 2 aliphatic carbocycles. The normalized spacial score (nSPS) is 19.9. The van der Waals surface area contributed by atoms with Gasteiger partial charge in [0, 0.05) is 17.3 Å². The molecule has 0 aromatic carbocycles. The van der Waals surface area contributed by atoms with Crippen molar-refractivity contribution in [2.45, 2.75) is 44.2 Å². The Morgan fingerprint density at radius 3 is 2.70 bits per heavy atom. The predicted molar refractivity (Wildman–Crippen MR) is 87.4 cm³/mol. The first-order valence-electron chi connectivity index (χ1n) is 7.79. The van der Waals surface area contributed by atoms with E-state index in [1.807, 2.05) is 6.92 Å². The number of rotatable bonds is 5. The Morgan fingerprint density at radius 1 is 1.26 bits per heavy atom. The van der Waals surface area contributed by atoms with Crippen LogP contribution in [0.3, 0.4) is 0 Å². The molecule has 2 heterocycles. The Hall–Kier alpha value is -2.04. The van der Waals surface area contributed by atoms with Crippen LogP contribution in [0.1, 0.15) is 38.2 Å². The summed E-state index contributed by atoms with van der Waals surface area (Å²) in [4.78, 5) is 11.7. The van der Waals surface area contributed by atoms with E-state index in [4.69, 9.17) is 21.9 Å². The predicted octanol–water partition coefficient (Wildman–Crippen LogP) is 4.76. The molecule has 2 aromatic rings. The Kier molecular flexibility index (Phi) is 3.32. The lowest BCUT2D eigenvalue weighted by Gasteiger charge is -2.26. The van der Waals surface area contributed by atoms with Crippen LogP contribution in [0.5, 0.6) is 5.88 Å². The largest absolute Gasteiger partial charge is 0.474 e. The lowest BCUT2D eigenvalue weighted by molar-refractivity contribution is 0.294. The molecule has 0 N–H and O–H groups in total. The third-order valence-corrected chi connectivity index (χ3v) is 4.88. The molecule has 0 radical (unpaired) electrons. The highest BCUT2D eigenvalue weighted by molar-refractivity contribution is 6.30. The molecule has 23 heavy (non-hydrogen) atoms. The number of ether oxygens (including phenoxy) is 1. The average Bonchev–Trinajstić information content (AvgIpc) is 3.40. The minimum absolute atomic E-state index is 0.249. The van der Waals surface area contributed by atoms with Crippen molar-refractivity contribution in [1.82, 2.24) is 9.97 Å². The Bertz CT molecular complexity index is 827. The van der Waals surface area contributed by atoms with Crippen LogP contribution in [0.25, 0.3) is 21.2 Å². The van der Waals surface area contributed by atoms with Gasteiger partial charge in [-0.25, -0.2) is 9.97 Å². The molecule has 0 unspecified atom stereocenters. The molecule has 2 fully saturated rings. The van der Waals surface area contributed by atoms with E-state index in [9.17, 15) is 0 Å². The third kappa shape index (κ3) is 2.58. The van der Waals surface area contributed by atoms with Gasteiger partial charge in [0.05, 0.1) is 10.9 Å². The van der Waals surface area contributed by atoms with Crippen molar-refractivity contribution < 1.29 is 4.74 Å². The minimum Gasteiger partial charge on any atom is -0.474 e. The van der Waals surface area contributed by atoms with Crippen LogP contribution in [0.4, 0.5) is 0 Å². The van der Waals surface area contributed by atoms with Crippen molar-refractivity contribution in [1.29, 1.82) is 0 Å². The van der Waals surface area contributed by atoms with Gasteiger partial charge in [0.25, 0.3) is 0 Å². The van der Waals surface area contributed by atoms with Gasteiger partial charge in [-0.15, -0.1) is 0 Å². The zero-order chi connectivity index (χ0) is 16.0. The summed E-state index contributed by atoms with van der Waals surface area (Å²) in [6.07, 6.45) is 7.93. The van der Waals surface area contributed by atoms with E-state index in [2.05, 4.69) is 20.0 Å². The summed E-state index contributed by atoms with van der Waals surface area (Å²) in [5.41, 5.74) is 9.29. The fraction of sp³-hybridized carbons (Fsp3) is 0.500. The van der Waals surface area contributed by atoms with Crippen molar-refractivity contribution in [3.63, 3.8) is 0 Å². The number of hydrogen-bond donors (Lipinski definition) is 0.